The maximum absolute atomic E-state index is 14.6. The Morgan fingerprint density at radius 3 is 2.59 bits per heavy atom. The molecular weight excluding hydrogens is 504 g/mol. The number of hydrogen-bond donors (Lipinski definition) is 4. The molecule has 198 valence electrons. The molecule has 2 aromatic heterocycles. The van der Waals surface area contributed by atoms with Crippen LogP contribution in [-0.4, -0.2) is 42.7 Å². The lowest BCUT2D eigenvalue weighted by Gasteiger charge is -2.31. The number of aliphatic hydroxyl groups excluding tert-OH is 1. The lowest BCUT2D eigenvalue weighted by molar-refractivity contribution is -0.122. The second-order valence-corrected chi connectivity index (χ2v) is 10.6. The summed E-state index contributed by atoms with van der Waals surface area (Å²) in [5, 5.41) is 16.2. The van der Waals surface area contributed by atoms with Crippen LogP contribution in [0.5, 0.6) is 0 Å². The molecule has 5 N–H and O–H groups in total. The highest BCUT2D eigenvalue weighted by Crippen LogP contribution is 2.38. The Bertz CT molecular complexity index is 1310. The molecule has 3 atom stereocenters. The van der Waals surface area contributed by atoms with Gasteiger partial charge in [-0.25, -0.2) is 18.7 Å². The average Bonchev–Trinajstić information content (AvgIpc) is 3.24. The predicted octanol–water partition coefficient (Wildman–Crippen LogP) is 4.68. The van der Waals surface area contributed by atoms with Crippen LogP contribution in [0.2, 0.25) is 5.02 Å². The van der Waals surface area contributed by atoms with Crippen molar-refractivity contribution < 1.29 is 18.7 Å². The first-order valence-electron chi connectivity index (χ1n) is 12.6. The van der Waals surface area contributed by atoms with Crippen LogP contribution in [-0.2, 0) is 4.79 Å². The van der Waals surface area contributed by atoms with Crippen LogP contribution in [0.15, 0.2) is 18.3 Å². The fourth-order valence-electron chi connectivity index (χ4n) is 5.37. The molecule has 0 saturated heterocycles. The summed E-state index contributed by atoms with van der Waals surface area (Å²) in [5.74, 6) is -1.83. The molecule has 9 nitrogen and oxygen atoms in total. The number of nitrogens with one attached hydrogen (secondary N) is 2. The number of imidazole rings is 1. The van der Waals surface area contributed by atoms with Crippen LogP contribution >= 0.6 is 11.6 Å². The van der Waals surface area contributed by atoms with Gasteiger partial charge in [-0.3, -0.25) is 9.36 Å². The van der Waals surface area contributed by atoms with Gasteiger partial charge in [0.15, 0.2) is 17.3 Å². The molecule has 1 aromatic carbocycles. The van der Waals surface area contributed by atoms with Gasteiger partial charge in [0.1, 0.15) is 5.52 Å². The first-order valence-corrected chi connectivity index (χ1v) is 13.0. The Kier molecular flexibility index (Phi) is 7.17. The first kappa shape index (κ1) is 25.6. The molecule has 5 rings (SSSR count). The van der Waals surface area contributed by atoms with Gasteiger partial charge in [0.05, 0.1) is 23.0 Å². The molecule has 2 saturated carbocycles. The Labute approximate surface area is 217 Å². The van der Waals surface area contributed by atoms with Crippen molar-refractivity contribution in [3.63, 3.8) is 0 Å². The fourth-order valence-corrected chi connectivity index (χ4v) is 5.51. The molecule has 37 heavy (non-hydrogen) atoms. The lowest BCUT2D eigenvalue weighted by Crippen LogP contribution is -2.35. The second kappa shape index (κ2) is 10.4. The van der Waals surface area contributed by atoms with Crippen molar-refractivity contribution in [1.29, 1.82) is 0 Å². The maximum Gasteiger partial charge on any atom is 0.224 e. The lowest BCUT2D eigenvalue weighted by atomic mass is 9.85. The highest BCUT2D eigenvalue weighted by atomic mass is 35.5. The van der Waals surface area contributed by atoms with E-state index >= 15 is 0 Å². The van der Waals surface area contributed by atoms with Crippen molar-refractivity contribution in [1.82, 2.24) is 19.5 Å². The van der Waals surface area contributed by atoms with Crippen molar-refractivity contribution in [2.45, 2.75) is 70.1 Å². The Hall–Kier alpha value is -3.05. The van der Waals surface area contributed by atoms with Crippen molar-refractivity contribution in [2.24, 2.45) is 17.6 Å². The minimum absolute atomic E-state index is 0.0368. The molecule has 2 aliphatic carbocycles. The Morgan fingerprint density at radius 1 is 1.14 bits per heavy atom. The molecule has 0 radical (unpaired) electrons. The average molecular weight is 534 g/mol. The smallest absolute Gasteiger partial charge is 0.224 e. The summed E-state index contributed by atoms with van der Waals surface area (Å²) in [4.78, 5) is 25.4. The standard InChI is InChI=1S/C25H30ClF2N7O2/c1-12-2-5-14(10-19(12)36)31-24-30-11-18-23(34-24)35(15-6-3-13(4-7-15)22(29)37)25(33-18)32-17-9-8-16(26)20(27)21(17)28/h8-9,11-15,19,36H,2-7,10H2,1H3,(H2,29,37)(H,32,33)(H,30,31,34)/t12-,13?,14?,15?,19-/m1/s1. The van der Waals surface area contributed by atoms with E-state index in [9.17, 15) is 18.7 Å². The number of benzene rings is 1. The van der Waals surface area contributed by atoms with E-state index in [0.717, 1.165) is 12.8 Å². The zero-order valence-electron chi connectivity index (χ0n) is 20.4. The number of hydrogen-bond acceptors (Lipinski definition) is 7. The van der Waals surface area contributed by atoms with E-state index in [4.69, 9.17) is 22.3 Å². The third kappa shape index (κ3) is 5.19. The number of carbonyl (C=O) groups excluding carboxylic acids is 1. The molecule has 12 heteroatoms. The van der Waals surface area contributed by atoms with E-state index in [2.05, 4.69) is 20.6 Å². The van der Waals surface area contributed by atoms with Crippen LogP contribution in [0.4, 0.5) is 26.4 Å². The number of halogens is 3. The molecule has 2 aliphatic rings. The molecule has 0 bridgehead atoms. The molecule has 2 fully saturated rings. The number of aromatic nitrogens is 4. The molecular formula is C25H30ClF2N7O2. The number of amides is 1. The van der Waals surface area contributed by atoms with Crippen LogP contribution in [0.25, 0.3) is 11.2 Å². The molecule has 1 unspecified atom stereocenters. The van der Waals surface area contributed by atoms with E-state index < -0.39 is 11.6 Å². The van der Waals surface area contributed by atoms with E-state index in [1.807, 2.05) is 11.5 Å². The van der Waals surface area contributed by atoms with Crippen molar-refractivity contribution in [3.05, 3.63) is 35.0 Å². The fraction of sp³-hybridized carbons (Fsp3) is 0.520. The molecule has 1 amide bonds. The van der Waals surface area contributed by atoms with E-state index in [1.165, 1.54) is 12.1 Å². The zero-order chi connectivity index (χ0) is 26.3. The van der Waals surface area contributed by atoms with Gasteiger partial charge >= 0.3 is 0 Å². The summed E-state index contributed by atoms with van der Waals surface area (Å²) in [7, 11) is 0. The highest BCUT2D eigenvalue weighted by Gasteiger charge is 2.30. The summed E-state index contributed by atoms with van der Waals surface area (Å²) in [6.07, 6.45) is 6.11. The van der Waals surface area contributed by atoms with Crippen molar-refractivity contribution in [2.75, 3.05) is 10.6 Å². The van der Waals surface area contributed by atoms with E-state index in [0.29, 0.717) is 49.2 Å². The number of anilines is 3. The number of rotatable bonds is 6. The van der Waals surface area contributed by atoms with Gasteiger partial charge in [0, 0.05) is 18.0 Å². The summed E-state index contributed by atoms with van der Waals surface area (Å²) in [6.45, 7) is 2.04. The van der Waals surface area contributed by atoms with Crippen LogP contribution < -0.4 is 16.4 Å². The summed E-state index contributed by atoms with van der Waals surface area (Å²) < 4.78 is 30.6. The van der Waals surface area contributed by atoms with Crippen LogP contribution in [0.1, 0.15) is 57.9 Å². The largest absolute Gasteiger partial charge is 0.393 e. The van der Waals surface area contributed by atoms with Gasteiger partial charge in [-0.2, -0.15) is 4.98 Å². The first-order chi connectivity index (χ1) is 17.7. The number of nitrogens with zero attached hydrogens (tertiary/aromatic N) is 4. The Morgan fingerprint density at radius 2 is 1.89 bits per heavy atom. The number of aliphatic hydroxyl groups is 1. The summed E-state index contributed by atoms with van der Waals surface area (Å²) >= 11 is 5.72. The maximum atomic E-state index is 14.6. The van der Waals surface area contributed by atoms with E-state index in [-0.39, 0.29) is 52.6 Å². The molecule has 0 spiro atoms. The van der Waals surface area contributed by atoms with Gasteiger partial charge < -0.3 is 21.5 Å². The normalized spacial score (nSPS) is 26.2. The summed E-state index contributed by atoms with van der Waals surface area (Å²) in [6, 6.07) is 2.56. The molecule has 3 aromatic rings. The minimum atomic E-state index is -1.15. The second-order valence-electron chi connectivity index (χ2n) is 10.2. The topological polar surface area (TPSA) is 131 Å². The highest BCUT2D eigenvalue weighted by molar-refractivity contribution is 6.30. The zero-order valence-corrected chi connectivity index (χ0v) is 21.2. The summed E-state index contributed by atoms with van der Waals surface area (Å²) in [5.41, 5.74) is 6.42. The minimum Gasteiger partial charge on any atom is -0.393 e. The quantitative estimate of drug-likeness (QED) is 0.338. The van der Waals surface area contributed by atoms with Gasteiger partial charge in [0.25, 0.3) is 0 Å². The van der Waals surface area contributed by atoms with Crippen LogP contribution in [0.3, 0.4) is 0 Å². The monoisotopic (exact) mass is 533 g/mol. The van der Waals surface area contributed by atoms with Gasteiger partial charge in [-0.15, -0.1) is 0 Å². The Balaban J connectivity index is 1.49. The van der Waals surface area contributed by atoms with Gasteiger partial charge in [-0.05, 0) is 63.0 Å². The van der Waals surface area contributed by atoms with Gasteiger partial charge in [0.2, 0.25) is 17.8 Å². The van der Waals surface area contributed by atoms with Crippen molar-refractivity contribution in [3.8, 4) is 0 Å². The number of fused-ring (bicyclic) bond motifs is 1. The SMILES string of the molecule is C[C@@H]1CCC(Nc2ncc3nc(Nc4ccc(Cl)c(F)c4F)n(C4CCC(C(N)=O)CC4)c3n2)C[C@H]1O. The number of carbonyl (C=O) groups is 1. The number of primary amides is 1. The predicted molar refractivity (Wildman–Crippen MR) is 137 cm³/mol. The van der Waals surface area contributed by atoms with Crippen molar-refractivity contribution >= 4 is 46.3 Å². The third-order valence-corrected chi connectivity index (χ3v) is 7.96. The number of nitrogens with two attached hydrogens (primary N) is 1. The van der Waals surface area contributed by atoms with E-state index in [1.54, 1.807) is 6.20 Å². The van der Waals surface area contributed by atoms with Crippen LogP contribution in [0, 0.1) is 23.5 Å². The molecule has 0 aliphatic heterocycles. The third-order valence-electron chi connectivity index (χ3n) is 7.67. The van der Waals surface area contributed by atoms with Gasteiger partial charge in [-0.1, -0.05) is 18.5 Å². The molecule has 2 heterocycles.